The Hall–Kier alpha value is -1.65. The van der Waals surface area contributed by atoms with Crippen molar-refractivity contribution in [2.24, 2.45) is 10.4 Å². The Morgan fingerprint density at radius 2 is 1.75 bits per heavy atom. The quantitative estimate of drug-likeness (QED) is 0.342. The van der Waals surface area contributed by atoms with Gasteiger partial charge in [-0.15, -0.1) is 24.0 Å². The standard InChI is InChI=1S/C23H37N7O.HI/c1-2-24-21(30-14-10-23(19-30)8-4-3-5-9-23)27-13-7-20(31)28-15-17-29(18-16-28)22-25-11-6-12-26-22;/h6,11-12H,2-5,7-10,13-19H2,1H3,(H,24,27);1H. The van der Waals surface area contributed by atoms with E-state index in [1.54, 1.807) is 12.4 Å². The molecule has 1 amide bonds. The molecule has 0 aromatic carbocycles. The number of carbonyl (C=O) groups is 1. The molecule has 0 atom stereocenters. The summed E-state index contributed by atoms with van der Waals surface area (Å²) in [6, 6.07) is 1.82. The Balaban J connectivity index is 0.00000289. The molecule has 1 N–H and O–H groups in total. The second kappa shape index (κ2) is 12.0. The van der Waals surface area contributed by atoms with E-state index in [1.165, 1.54) is 38.5 Å². The van der Waals surface area contributed by atoms with Gasteiger partial charge in [0.1, 0.15) is 0 Å². The van der Waals surface area contributed by atoms with E-state index in [0.717, 1.165) is 57.7 Å². The fraction of sp³-hybridized carbons (Fsp3) is 0.739. The number of anilines is 1. The first-order chi connectivity index (χ1) is 15.2. The highest BCUT2D eigenvalue weighted by Crippen LogP contribution is 2.43. The Kier molecular flexibility index (Phi) is 9.36. The monoisotopic (exact) mass is 555 g/mol. The molecule has 8 nitrogen and oxygen atoms in total. The van der Waals surface area contributed by atoms with Gasteiger partial charge < -0.3 is 20.0 Å². The summed E-state index contributed by atoms with van der Waals surface area (Å²) in [6.07, 6.45) is 12.1. The molecule has 2 saturated heterocycles. The number of guanidine groups is 1. The van der Waals surface area contributed by atoms with Crippen LogP contribution in [0.2, 0.25) is 0 Å². The maximum absolute atomic E-state index is 12.7. The molecule has 2 aliphatic heterocycles. The van der Waals surface area contributed by atoms with Gasteiger partial charge in [-0.2, -0.15) is 0 Å². The number of nitrogens with one attached hydrogen (secondary N) is 1. The largest absolute Gasteiger partial charge is 0.357 e. The molecule has 4 rings (SSSR count). The van der Waals surface area contributed by atoms with Gasteiger partial charge in [-0.3, -0.25) is 9.79 Å². The van der Waals surface area contributed by atoms with Crippen LogP contribution in [0, 0.1) is 5.41 Å². The molecule has 0 radical (unpaired) electrons. The van der Waals surface area contributed by atoms with Crippen molar-refractivity contribution in [2.75, 3.05) is 57.3 Å². The second-order valence-electron chi connectivity index (χ2n) is 9.13. The molecule has 1 aromatic rings. The van der Waals surface area contributed by atoms with E-state index >= 15 is 0 Å². The van der Waals surface area contributed by atoms with Gasteiger partial charge >= 0.3 is 0 Å². The summed E-state index contributed by atoms with van der Waals surface area (Å²) in [4.78, 5) is 32.7. The predicted octanol–water partition coefficient (Wildman–Crippen LogP) is 2.76. The number of likely N-dealkylation sites (tertiary alicyclic amines) is 1. The van der Waals surface area contributed by atoms with Gasteiger partial charge in [0.05, 0.1) is 6.54 Å². The highest BCUT2D eigenvalue weighted by molar-refractivity contribution is 14.0. The van der Waals surface area contributed by atoms with Crippen LogP contribution in [0.5, 0.6) is 0 Å². The number of aliphatic imine (C=N–C) groups is 1. The molecule has 1 saturated carbocycles. The Bertz CT molecular complexity index is 746. The third kappa shape index (κ3) is 6.23. The lowest BCUT2D eigenvalue weighted by Crippen LogP contribution is -2.49. The fourth-order valence-electron chi connectivity index (χ4n) is 5.28. The SMILES string of the molecule is CCNC(=NCCC(=O)N1CCN(c2ncccn2)CC1)N1CCC2(CCCCC2)C1.I. The number of hydrogen-bond donors (Lipinski definition) is 1. The number of rotatable bonds is 5. The summed E-state index contributed by atoms with van der Waals surface area (Å²) in [5.41, 5.74) is 0.506. The summed E-state index contributed by atoms with van der Waals surface area (Å²) >= 11 is 0. The molecule has 1 spiro atoms. The average molecular weight is 556 g/mol. The highest BCUT2D eigenvalue weighted by atomic mass is 127. The molecule has 178 valence electrons. The van der Waals surface area contributed by atoms with E-state index < -0.39 is 0 Å². The first kappa shape index (κ1) is 25.0. The molecule has 1 aromatic heterocycles. The van der Waals surface area contributed by atoms with Crippen molar-refractivity contribution >= 4 is 41.8 Å². The Morgan fingerprint density at radius 1 is 1.03 bits per heavy atom. The van der Waals surface area contributed by atoms with E-state index in [-0.39, 0.29) is 29.9 Å². The lowest BCUT2D eigenvalue weighted by Gasteiger charge is -2.34. The van der Waals surface area contributed by atoms with Crippen molar-refractivity contribution in [2.45, 2.75) is 51.9 Å². The van der Waals surface area contributed by atoms with Gasteiger partial charge in [0.25, 0.3) is 0 Å². The molecule has 3 heterocycles. The van der Waals surface area contributed by atoms with Gasteiger partial charge in [0.2, 0.25) is 11.9 Å². The molecule has 3 aliphatic rings. The van der Waals surface area contributed by atoms with Crippen molar-refractivity contribution in [1.29, 1.82) is 0 Å². The predicted molar refractivity (Wildman–Crippen MR) is 139 cm³/mol. The average Bonchev–Trinajstić information content (AvgIpc) is 3.22. The lowest BCUT2D eigenvalue weighted by atomic mass is 9.73. The van der Waals surface area contributed by atoms with Crippen LogP contribution in [0.1, 0.15) is 51.9 Å². The van der Waals surface area contributed by atoms with Crippen LogP contribution in [0.4, 0.5) is 5.95 Å². The van der Waals surface area contributed by atoms with Gasteiger partial charge in [0, 0.05) is 64.6 Å². The number of hydrogen-bond acceptors (Lipinski definition) is 5. The Labute approximate surface area is 209 Å². The van der Waals surface area contributed by atoms with Crippen molar-refractivity contribution in [3.63, 3.8) is 0 Å². The molecule has 3 fully saturated rings. The zero-order valence-electron chi connectivity index (χ0n) is 19.3. The molecule has 32 heavy (non-hydrogen) atoms. The fourth-order valence-corrected chi connectivity index (χ4v) is 5.28. The van der Waals surface area contributed by atoms with E-state index in [4.69, 9.17) is 4.99 Å². The maximum atomic E-state index is 12.7. The van der Waals surface area contributed by atoms with Crippen molar-refractivity contribution < 1.29 is 4.79 Å². The number of nitrogens with zero attached hydrogens (tertiary/aromatic N) is 6. The van der Waals surface area contributed by atoms with Gasteiger partial charge in [0.15, 0.2) is 5.96 Å². The summed E-state index contributed by atoms with van der Waals surface area (Å²) in [5.74, 6) is 1.93. The molecule has 9 heteroatoms. The molecule has 0 unspecified atom stereocenters. The van der Waals surface area contributed by atoms with Crippen LogP contribution < -0.4 is 10.2 Å². The van der Waals surface area contributed by atoms with Gasteiger partial charge in [-0.25, -0.2) is 9.97 Å². The minimum atomic E-state index is 0. The van der Waals surface area contributed by atoms with Crippen LogP contribution in [0.25, 0.3) is 0 Å². The number of piperazine rings is 1. The van der Waals surface area contributed by atoms with Crippen LogP contribution in [0.3, 0.4) is 0 Å². The van der Waals surface area contributed by atoms with Crippen LogP contribution in [0.15, 0.2) is 23.5 Å². The van der Waals surface area contributed by atoms with Crippen LogP contribution in [-0.4, -0.2) is 84.0 Å². The zero-order chi connectivity index (χ0) is 21.5. The van der Waals surface area contributed by atoms with Crippen LogP contribution in [-0.2, 0) is 4.79 Å². The topological polar surface area (TPSA) is 77.0 Å². The van der Waals surface area contributed by atoms with E-state index in [1.807, 2.05) is 11.0 Å². The summed E-state index contributed by atoms with van der Waals surface area (Å²) in [6.45, 7) is 8.72. The van der Waals surface area contributed by atoms with Crippen molar-refractivity contribution in [3.8, 4) is 0 Å². The first-order valence-electron chi connectivity index (χ1n) is 12.0. The van der Waals surface area contributed by atoms with Gasteiger partial charge in [-0.05, 0) is 37.7 Å². The molecule has 0 bridgehead atoms. The minimum absolute atomic E-state index is 0. The smallest absolute Gasteiger partial charge is 0.225 e. The summed E-state index contributed by atoms with van der Waals surface area (Å²) in [5, 5.41) is 3.45. The first-order valence-corrected chi connectivity index (χ1v) is 12.0. The second-order valence-corrected chi connectivity index (χ2v) is 9.13. The van der Waals surface area contributed by atoms with E-state index in [0.29, 0.717) is 18.4 Å². The minimum Gasteiger partial charge on any atom is -0.357 e. The van der Waals surface area contributed by atoms with Crippen molar-refractivity contribution in [3.05, 3.63) is 18.5 Å². The third-order valence-corrected chi connectivity index (χ3v) is 7.04. The molecular formula is C23H38IN7O. The Morgan fingerprint density at radius 3 is 2.44 bits per heavy atom. The highest BCUT2D eigenvalue weighted by Gasteiger charge is 2.39. The number of halogens is 1. The zero-order valence-corrected chi connectivity index (χ0v) is 21.7. The van der Waals surface area contributed by atoms with Crippen LogP contribution >= 0.6 is 24.0 Å². The van der Waals surface area contributed by atoms with E-state index in [2.05, 4.69) is 32.0 Å². The maximum Gasteiger partial charge on any atom is 0.225 e. The van der Waals surface area contributed by atoms with E-state index in [9.17, 15) is 4.79 Å². The molecule has 1 aliphatic carbocycles. The normalized spacial score (nSPS) is 20.9. The number of amides is 1. The van der Waals surface area contributed by atoms with Gasteiger partial charge in [-0.1, -0.05) is 19.3 Å². The van der Waals surface area contributed by atoms with Crippen molar-refractivity contribution in [1.82, 2.24) is 25.1 Å². The number of aromatic nitrogens is 2. The summed E-state index contributed by atoms with van der Waals surface area (Å²) in [7, 11) is 0. The third-order valence-electron chi connectivity index (χ3n) is 7.04. The number of carbonyl (C=O) groups excluding carboxylic acids is 1. The summed E-state index contributed by atoms with van der Waals surface area (Å²) < 4.78 is 0. The lowest BCUT2D eigenvalue weighted by molar-refractivity contribution is -0.131. The molecular weight excluding hydrogens is 517 g/mol.